The summed E-state index contributed by atoms with van der Waals surface area (Å²) in [5.41, 5.74) is 0. The fourth-order valence-electron chi connectivity index (χ4n) is 5.49. The number of carbonyl (C=O) groups excluding carboxylic acids is 2. The Morgan fingerprint density at radius 3 is 1.33 bits per heavy atom. The molecule has 0 fully saturated rings. The second kappa shape index (κ2) is 37.8. The van der Waals surface area contributed by atoms with Gasteiger partial charge in [0.25, 0.3) is 0 Å². The normalized spacial score (nSPS) is 12.9. The SMILES string of the molecule is CCCCC/C=C\C/C=C\CCCCCCCC(=O)OCC(COP(=O)(O)O)OC(=O)CCCCCCCCC/C=C\C/C=C\CCCCCC. The van der Waals surface area contributed by atoms with Crippen LogP contribution < -0.4 is 0 Å². The molecule has 2 N–H and O–H groups in total. The molecule has 0 radical (unpaired) electrons. The Morgan fingerprint density at radius 2 is 0.882 bits per heavy atom. The smallest absolute Gasteiger partial charge is 0.462 e. The average Bonchev–Trinajstić information content (AvgIpc) is 3.10. The van der Waals surface area contributed by atoms with E-state index in [0.29, 0.717) is 12.8 Å². The van der Waals surface area contributed by atoms with Gasteiger partial charge in [0.05, 0.1) is 6.61 Å². The fourth-order valence-corrected chi connectivity index (χ4v) is 5.85. The first kappa shape index (κ1) is 49.0. The molecule has 51 heavy (non-hydrogen) atoms. The summed E-state index contributed by atoms with van der Waals surface area (Å²) in [5, 5.41) is 0. The van der Waals surface area contributed by atoms with Crippen molar-refractivity contribution in [1.82, 2.24) is 0 Å². The first-order valence-corrected chi connectivity index (χ1v) is 22.0. The Balaban J connectivity index is 3.97. The molecule has 0 aliphatic heterocycles. The standard InChI is InChI=1S/C42H75O8P/c1-3-5-7-9-11-13-15-17-19-20-21-23-25-27-29-31-33-35-37-42(44)50-40(39-49-51(45,46)47)38-48-41(43)36-34-32-30-28-26-24-22-18-16-14-12-10-8-6-4-2/h12-15,18-20,22,40H,3-11,16-17,21,23-39H2,1-2H3,(H2,45,46,47)/b14-12-,15-13-,20-19-,22-18-. The van der Waals surface area contributed by atoms with Gasteiger partial charge in [0.1, 0.15) is 6.61 Å². The van der Waals surface area contributed by atoms with Crippen molar-refractivity contribution in [2.24, 2.45) is 0 Å². The Kier molecular flexibility index (Phi) is 36.3. The predicted molar refractivity (Wildman–Crippen MR) is 211 cm³/mol. The summed E-state index contributed by atoms with van der Waals surface area (Å²) in [7, 11) is -4.76. The molecular formula is C42H75O8P. The summed E-state index contributed by atoms with van der Waals surface area (Å²) in [4.78, 5) is 42.8. The number of phosphoric acid groups is 1. The van der Waals surface area contributed by atoms with Crippen LogP contribution in [0, 0.1) is 0 Å². The maximum atomic E-state index is 12.4. The van der Waals surface area contributed by atoms with Crippen molar-refractivity contribution < 1.29 is 37.9 Å². The van der Waals surface area contributed by atoms with Crippen LogP contribution in [0.1, 0.15) is 187 Å². The average molecular weight is 739 g/mol. The Morgan fingerprint density at radius 1 is 0.510 bits per heavy atom. The number of hydrogen-bond acceptors (Lipinski definition) is 6. The van der Waals surface area contributed by atoms with Crippen LogP contribution in [0.3, 0.4) is 0 Å². The molecule has 0 aromatic rings. The zero-order chi connectivity index (χ0) is 37.5. The van der Waals surface area contributed by atoms with E-state index >= 15 is 0 Å². The van der Waals surface area contributed by atoms with Gasteiger partial charge in [0, 0.05) is 12.8 Å². The number of esters is 2. The van der Waals surface area contributed by atoms with Gasteiger partial charge in [-0.3, -0.25) is 14.1 Å². The van der Waals surface area contributed by atoms with E-state index in [2.05, 4.69) is 67.0 Å². The zero-order valence-electron chi connectivity index (χ0n) is 32.5. The van der Waals surface area contributed by atoms with Crippen LogP contribution in [0.5, 0.6) is 0 Å². The lowest BCUT2D eigenvalue weighted by Gasteiger charge is -2.18. The van der Waals surface area contributed by atoms with Gasteiger partial charge in [-0.1, -0.05) is 146 Å². The van der Waals surface area contributed by atoms with Gasteiger partial charge in [-0.15, -0.1) is 0 Å². The molecule has 9 heteroatoms. The molecule has 0 amide bonds. The third kappa shape index (κ3) is 40.6. The molecule has 0 heterocycles. The summed E-state index contributed by atoms with van der Waals surface area (Å²) in [5.74, 6) is -0.910. The van der Waals surface area contributed by atoms with Crippen molar-refractivity contribution >= 4 is 19.8 Å². The van der Waals surface area contributed by atoms with Crippen molar-refractivity contribution in [3.05, 3.63) is 48.6 Å². The van der Waals surface area contributed by atoms with Crippen LogP contribution in [0.15, 0.2) is 48.6 Å². The van der Waals surface area contributed by atoms with Gasteiger partial charge in [-0.2, -0.15) is 0 Å². The highest BCUT2D eigenvalue weighted by atomic mass is 31.2. The van der Waals surface area contributed by atoms with Gasteiger partial charge in [-0.05, 0) is 77.0 Å². The number of hydrogen-bond donors (Lipinski definition) is 2. The van der Waals surface area contributed by atoms with Crippen molar-refractivity contribution in [1.29, 1.82) is 0 Å². The van der Waals surface area contributed by atoms with E-state index < -0.39 is 32.5 Å². The molecule has 0 aliphatic carbocycles. The van der Waals surface area contributed by atoms with E-state index in [4.69, 9.17) is 19.3 Å². The fraction of sp³-hybridized carbons (Fsp3) is 0.762. The van der Waals surface area contributed by atoms with Crippen LogP contribution >= 0.6 is 7.82 Å². The van der Waals surface area contributed by atoms with E-state index in [-0.39, 0.29) is 19.4 Å². The van der Waals surface area contributed by atoms with Gasteiger partial charge in [0.2, 0.25) is 0 Å². The maximum Gasteiger partial charge on any atom is 0.469 e. The number of phosphoric ester groups is 1. The molecule has 296 valence electrons. The van der Waals surface area contributed by atoms with Gasteiger partial charge in [0.15, 0.2) is 6.10 Å². The summed E-state index contributed by atoms with van der Waals surface area (Å²) < 4.78 is 26.3. The summed E-state index contributed by atoms with van der Waals surface area (Å²) in [6.45, 7) is 3.62. The quantitative estimate of drug-likeness (QED) is 0.0280. The molecular weight excluding hydrogens is 663 g/mol. The zero-order valence-corrected chi connectivity index (χ0v) is 33.4. The molecule has 0 saturated heterocycles. The van der Waals surface area contributed by atoms with E-state index in [1.807, 2.05) is 0 Å². The Bertz CT molecular complexity index is 968. The van der Waals surface area contributed by atoms with Crippen molar-refractivity contribution in [2.75, 3.05) is 13.2 Å². The molecule has 1 atom stereocenters. The second-order valence-corrected chi connectivity index (χ2v) is 14.8. The van der Waals surface area contributed by atoms with E-state index in [1.165, 1.54) is 77.0 Å². The lowest BCUT2D eigenvalue weighted by molar-refractivity contribution is -0.161. The van der Waals surface area contributed by atoms with Crippen LogP contribution in [0.25, 0.3) is 0 Å². The van der Waals surface area contributed by atoms with Gasteiger partial charge in [-0.25, -0.2) is 4.57 Å². The highest BCUT2D eigenvalue weighted by molar-refractivity contribution is 7.46. The number of allylic oxidation sites excluding steroid dienone is 8. The minimum Gasteiger partial charge on any atom is -0.462 e. The number of carbonyl (C=O) groups is 2. The predicted octanol–water partition coefficient (Wildman–Crippen LogP) is 12.3. The molecule has 0 aliphatic rings. The van der Waals surface area contributed by atoms with E-state index in [9.17, 15) is 14.2 Å². The Hall–Kier alpha value is -1.99. The first-order valence-electron chi connectivity index (χ1n) is 20.4. The largest absolute Gasteiger partial charge is 0.469 e. The lowest BCUT2D eigenvalue weighted by atomic mass is 10.1. The molecule has 0 saturated carbocycles. The lowest BCUT2D eigenvalue weighted by Crippen LogP contribution is -2.29. The molecule has 0 bridgehead atoms. The summed E-state index contributed by atoms with van der Waals surface area (Å²) in [6.07, 6.45) is 45.4. The van der Waals surface area contributed by atoms with Gasteiger partial charge < -0.3 is 19.3 Å². The highest BCUT2D eigenvalue weighted by Crippen LogP contribution is 2.36. The van der Waals surface area contributed by atoms with Crippen molar-refractivity contribution in [2.45, 2.75) is 193 Å². The number of unbranched alkanes of at least 4 members (excludes halogenated alkanes) is 19. The summed E-state index contributed by atoms with van der Waals surface area (Å²) >= 11 is 0. The Labute approximate surface area is 312 Å². The molecule has 0 rings (SSSR count). The third-order valence-electron chi connectivity index (χ3n) is 8.57. The second-order valence-electron chi connectivity index (χ2n) is 13.6. The molecule has 0 aromatic heterocycles. The number of ether oxygens (including phenoxy) is 2. The molecule has 0 spiro atoms. The summed E-state index contributed by atoms with van der Waals surface area (Å²) in [6, 6.07) is 0. The minimum atomic E-state index is -4.76. The van der Waals surface area contributed by atoms with Crippen LogP contribution in [0.2, 0.25) is 0 Å². The van der Waals surface area contributed by atoms with E-state index in [0.717, 1.165) is 70.6 Å². The van der Waals surface area contributed by atoms with Crippen LogP contribution in [-0.2, 0) is 28.2 Å². The molecule has 8 nitrogen and oxygen atoms in total. The van der Waals surface area contributed by atoms with Gasteiger partial charge >= 0.3 is 19.8 Å². The first-order chi connectivity index (χ1) is 24.8. The third-order valence-corrected chi connectivity index (χ3v) is 9.06. The van der Waals surface area contributed by atoms with Crippen LogP contribution in [-0.4, -0.2) is 41.0 Å². The maximum absolute atomic E-state index is 12.4. The minimum absolute atomic E-state index is 0.199. The van der Waals surface area contributed by atoms with Crippen molar-refractivity contribution in [3.63, 3.8) is 0 Å². The van der Waals surface area contributed by atoms with Crippen molar-refractivity contribution in [3.8, 4) is 0 Å². The number of rotatable bonds is 37. The molecule has 0 aromatic carbocycles. The topological polar surface area (TPSA) is 119 Å². The van der Waals surface area contributed by atoms with Crippen LogP contribution in [0.4, 0.5) is 0 Å². The monoisotopic (exact) mass is 739 g/mol. The van der Waals surface area contributed by atoms with E-state index in [1.54, 1.807) is 0 Å². The highest BCUT2D eigenvalue weighted by Gasteiger charge is 2.22. The molecule has 1 unspecified atom stereocenters.